The standard InChI is InChI=1S/C15H11BrF2O2/c1-20-14-6-5-9(7-11(14)16)13(19)8-10-3-2-4-12(17)15(10)18/h2-7H,8H2,1H3. The molecule has 2 aromatic carbocycles. The van der Waals surface area contributed by atoms with E-state index in [9.17, 15) is 13.6 Å². The van der Waals surface area contributed by atoms with E-state index in [4.69, 9.17) is 4.74 Å². The van der Waals surface area contributed by atoms with Crippen LogP contribution in [-0.2, 0) is 6.42 Å². The van der Waals surface area contributed by atoms with Gasteiger partial charge in [-0.3, -0.25) is 4.79 Å². The molecule has 0 unspecified atom stereocenters. The minimum absolute atomic E-state index is 0.0435. The summed E-state index contributed by atoms with van der Waals surface area (Å²) in [6.45, 7) is 0. The molecule has 0 saturated heterocycles. The SMILES string of the molecule is COc1ccc(C(=O)Cc2cccc(F)c2F)cc1Br. The lowest BCUT2D eigenvalue weighted by molar-refractivity contribution is 0.0991. The van der Waals surface area contributed by atoms with Gasteiger partial charge >= 0.3 is 0 Å². The molecule has 0 spiro atoms. The second kappa shape index (κ2) is 6.13. The van der Waals surface area contributed by atoms with E-state index in [0.29, 0.717) is 15.8 Å². The van der Waals surface area contributed by atoms with Gasteiger partial charge in [0.05, 0.1) is 11.6 Å². The van der Waals surface area contributed by atoms with Crippen molar-refractivity contribution >= 4 is 21.7 Å². The van der Waals surface area contributed by atoms with Crippen LogP contribution in [-0.4, -0.2) is 12.9 Å². The van der Waals surface area contributed by atoms with Crippen molar-refractivity contribution in [3.63, 3.8) is 0 Å². The minimum Gasteiger partial charge on any atom is -0.496 e. The first-order valence-corrected chi connectivity index (χ1v) is 6.62. The normalized spacial score (nSPS) is 10.4. The second-order valence-corrected chi connectivity index (χ2v) is 5.02. The molecule has 2 nitrogen and oxygen atoms in total. The van der Waals surface area contributed by atoms with Gasteiger partial charge in [0.2, 0.25) is 0 Å². The van der Waals surface area contributed by atoms with Crippen LogP contribution in [0.15, 0.2) is 40.9 Å². The topological polar surface area (TPSA) is 26.3 Å². The summed E-state index contributed by atoms with van der Waals surface area (Å²) in [4.78, 5) is 12.1. The number of benzene rings is 2. The number of carbonyl (C=O) groups excluding carboxylic acids is 1. The molecule has 0 bridgehead atoms. The Morgan fingerprint density at radius 3 is 2.65 bits per heavy atom. The maximum absolute atomic E-state index is 13.5. The molecule has 0 heterocycles. The molecule has 0 saturated carbocycles. The van der Waals surface area contributed by atoms with E-state index < -0.39 is 11.6 Å². The van der Waals surface area contributed by atoms with Crippen molar-refractivity contribution in [2.45, 2.75) is 6.42 Å². The van der Waals surface area contributed by atoms with E-state index in [2.05, 4.69) is 15.9 Å². The van der Waals surface area contributed by atoms with Crippen molar-refractivity contribution in [3.05, 3.63) is 63.6 Å². The second-order valence-electron chi connectivity index (χ2n) is 4.16. The first kappa shape index (κ1) is 14.7. The molecule has 2 rings (SSSR count). The molecule has 0 aliphatic heterocycles. The van der Waals surface area contributed by atoms with E-state index in [-0.39, 0.29) is 17.8 Å². The smallest absolute Gasteiger partial charge is 0.167 e. The Kier molecular flexibility index (Phi) is 4.49. The lowest BCUT2D eigenvalue weighted by Gasteiger charge is -2.07. The van der Waals surface area contributed by atoms with Crippen LogP contribution in [0.25, 0.3) is 0 Å². The van der Waals surface area contributed by atoms with Gasteiger partial charge < -0.3 is 4.74 Å². The molecule has 0 N–H and O–H groups in total. The summed E-state index contributed by atoms with van der Waals surface area (Å²) in [5.74, 6) is -1.63. The number of ether oxygens (including phenoxy) is 1. The maximum atomic E-state index is 13.5. The lowest BCUT2D eigenvalue weighted by Crippen LogP contribution is -2.06. The molecule has 0 atom stereocenters. The van der Waals surface area contributed by atoms with Crippen LogP contribution in [0, 0.1) is 11.6 Å². The van der Waals surface area contributed by atoms with Crippen LogP contribution in [0.1, 0.15) is 15.9 Å². The molecule has 5 heteroatoms. The van der Waals surface area contributed by atoms with Gasteiger partial charge in [-0.05, 0) is 45.8 Å². The van der Waals surface area contributed by atoms with E-state index >= 15 is 0 Å². The molecule has 0 radical (unpaired) electrons. The van der Waals surface area contributed by atoms with E-state index in [0.717, 1.165) is 6.07 Å². The third-order valence-electron chi connectivity index (χ3n) is 2.86. The highest BCUT2D eigenvalue weighted by molar-refractivity contribution is 9.10. The van der Waals surface area contributed by atoms with Gasteiger partial charge in [-0.2, -0.15) is 0 Å². The molecule has 104 valence electrons. The molecule has 2 aromatic rings. The summed E-state index contributed by atoms with van der Waals surface area (Å²) in [5, 5.41) is 0. The number of hydrogen-bond donors (Lipinski definition) is 0. The van der Waals surface area contributed by atoms with Crippen LogP contribution in [0.2, 0.25) is 0 Å². The summed E-state index contributed by atoms with van der Waals surface area (Å²) in [6, 6.07) is 8.62. The van der Waals surface area contributed by atoms with Crippen molar-refractivity contribution in [1.82, 2.24) is 0 Å². The van der Waals surface area contributed by atoms with Crippen LogP contribution >= 0.6 is 15.9 Å². The Hall–Kier alpha value is -1.75. The third-order valence-corrected chi connectivity index (χ3v) is 3.48. The van der Waals surface area contributed by atoms with E-state index in [1.54, 1.807) is 18.2 Å². The van der Waals surface area contributed by atoms with Gasteiger partial charge in [-0.15, -0.1) is 0 Å². The molecule has 0 amide bonds. The predicted molar refractivity (Wildman–Crippen MR) is 75.1 cm³/mol. The monoisotopic (exact) mass is 340 g/mol. The van der Waals surface area contributed by atoms with Gasteiger partial charge in [0.25, 0.3) is 0 Å². The summed E-state index contributed by atoms with van der Waals surface area (Å²) >= 11 is 3.28. The molecule has 0 fully saturated rings. The molecular formula is C15H11BrF2O2. The first-order chi connectivity index (χ1) is 9.52. The van der Waals surface area contributed by atoms with Gasteiger partial charge in [0, 0.05) is 12.0 Å². The van der Waals surface area contributed by atoms with Crippen LogP contribution in [0.4, 0.5) is 8.78 Å². The Balaban J connectivity index is 2.24. The molecular weight excluding hydrogens is 330 g/mol. The van der Waals surface area contributed by atoms with Crippen molar-refractivity contribution in [3.8, 4) is 5.75 Å². The third kappa shape index (κ3) is 3.04. The van der Waals surface area contributed by atoms with Gasteiger partial charge in [-0.25, -0.2) is 8.78 Å². The lowest BCUT2D eigenvalue weighted by atomic mass is 10.0. The van der Waals surface area contributed by atoms with Gasteiger partial charge in [-0.1, -0.05) is 12.1 Å². The maximum Gasteiger partial charge on any atom is 0.167 e. The molecule has 0 aliphatic carbocycles. The molecule has 20 heavy (non-hydrogen) atoms. The van der Waals surface area contributed by atoms with Crippen molar-refractivity contribution in [1.29, 1.82) is 0 Å². The van der Waals surface area contributed by atoms with E-state index in [1.165, 1.54) is 19.2 Å². The number of halogens is 3. The Morgan fingerprint density at radius 1 is 1.25 bits per heavy atom. The zero-order chi connectivity index (χ0) is 14.7. The number of carbonyl (C=O) groups is 1. The number of ketones is 1. The van der Waals surface area contributed by atoms with Gasteiger partial charge in [0.15, 0.2) is 17.4 Å². The van der Waals surface area contributed by atoms with Crippen molar-refractivity contribution in [2.75, 3.05) is 7.11 Å². The fourth-order valence-electron chi connectivity index (χ4n) is 1.80. The van der Waals surface area contributed by atoms with Crippen LogP contribution in [0.3, 0.4) is 0 Å². The average Bonchev–Trinajstić information content (AvgIpc) is 2.43. The highest BCUT2D eigenvalue weighted by Gasteiger charge is 2.14. The Morgan fingerprint density at radius 2 is 2.00 bits per heavy atom. The fraction of sp³-hybridized carbons (Fsp3) is 0.133. The first-order valence-electron chi connectivity index (χ1n) is 5.82. The highest BCUT2D eigenvalue weighted by atomic mass is 79.9. The Bertz CT molecular complexity index is 656. The number of rotatable bonds is 4. The molecule has 0 aliphatic rings. The zero-order valence-electron chi connectivity index (χ0n) is 10.6. The van der Waals surface area contributed by atoms with Crippen molar-refractivity contribution < 1.29 is 18.3 Å². The Labute approximate surface area is 123 Å². The largest absolute Gasteiger partial charge is 0.496 e. The molecule has 0 aromatic heterocycles. The van der Waals surface area contributed by atoms with Crippen LogP contribution in [0.5, 0.6) is 5.75 Å². The predicted octanol–water partition coefficient (Wildman–Crippen LogP) is 4.16. The van der Waals surface area contributed by atoms with Gasteiger partial charge in [0.1, 0.15) is 5.75 Å². The summed E-state index contributed by atoms with van der Waals surface area (Å²) in [5.41, 5.74) is 0.447. The summed E-state index contributed by atoms with van der Waals surface area (Å²) in [6.07, 6.45) is -0.192. The summed E-state index contributed by atoms with van der Waals surface area (Å²) < 4.78 is 32.3. The minimum atomic E-state index is -0.978. The summed E-state index contributed by atoms with van der Waals surface area (Å²) in [7, 11) is 1.52. The zero-order valence-corrected chi connectivity index (χ0v) is 12.2. The van der Waals surface area contributed by atoms with E-state index in [1.807, 2.05) is 0 Å². The van der Waals surface area contributed by atoms with Crippen LogP contribution < -0.4 is 4.74 Å². The fourth-order valence-corrected chi connectivity index (χ4v) is 2.34. The number of Topliss-reactive ketones (excluding diaryl/α,β-unsaturated/α-hetero) is 1. The average molecular weight is 341 g/mol. The number of methoxy groups -OCH3 is 1. The number of hydrogen-bond acceptors (Lipinski definition) is 2. The highest BCUT2D eigenvalue weighted by Crippen LogP contribution is 2.26. The quantitative estimate of drug-likeness (QED) is 0.781. The van der Waals surface area contributed by atoms with Crippen molar-refractivity contribution in [2.24, 2.45) is 0 Å².